The molecule has 1 N–H and O–H groups in total. The zero-order valence-electron chi connectivity index (χ0n) is 9.83. The van der Waals surface area contributed by atoms with Gasteiger partial charge in [0.05, 0.1) is 4.90 Å². The van der Waals surface area contributed by atoms with Gasteiger partial charge in [-0.1, -0.05) is 11.6 Å². The van der Waals surface area contributed by atoms with Crippen molar-refractivity contribution in [1.82, 2.24) is 4.72 Å². The van der Waals surface area contributed by atoms with Crippen LogP contribution < -0.4 is 4.72 Å². The molecule has 0 fully saturated rings. The normalized spacial score (nSPS) is 12.1. The van der Waals surface area contributed by atoms with Crippen molar-refractivity contribution < 1.29 is 8.42 Å². The van der Waals surface area contributed by atoms with Gasteiger partial charge in [0, 0.05) is 11.1 Å². The smallest absolute Gasteiger partial charge is 0.209 e. The predicted molar refractivity (Wildman–Crippen MR) is 66.4 cm³/mol. The van der Waals surface area contributed by atoms with E-state index < -0.39 is 10.0 Å². The van der Waals surface area contributed by atoms with Crippen LogP contribution in [0, 0.1) is 13.8 Å². The first-order valence-corrected chi connectivity index (χ1v) is 6.89. The maximum Gasteiger partial charge on any atom is 0.241 e. The summed E-state index contributed by atoms with van der Waals surface area (Å²) in [5.41, 5.74) is 1.42. The molecule has 0 aliphatic heterocycles. The van der Waals surface area contributed by atoms with Crippen molar-refractivity contribution in [3.8, 4) is 0 Å². The Morgan fingerprint density at radius 1 is 1.19 bits per heavy atom. The topological polar surface area (TPSA) is 46.2 Å². The van der Waals surface area contributed by atoms with Gasteiger partial charge < -0.3 is 0 Å². The third kappa shape index (κ3) is 2.97. The maximum absolute atomic E-state index is 12.0. The van der Waals surface area contributed by atoms with Gasteiger partial charge in [-0.3, -0.25) is 0 Å². The highest BCUT2D eigenvalue weighted by atomic mass is 35.5. The lowest BCUT2D eigenvalue weighted by molar-refractivity contribution is 0.569. The Morgan fingerprint density at radius 2 is 1.75 bits per heavy atom. The number of hydrogen-bond donors (Lipinski definition) is 1. The van der Waals surface area contributed by atoms with Crippen molar-refractivity contribution in [2.75, 3.05) is 0 Å². The lowest BCUT2D eigenvalue weighted by Gasteiger charge is -2.13. The van der Waals surface area contributed by atoms with Crippen molar-refractivity contribution in [3.05, 3.63) is 28.3 Å². The van der Waals surface area contributed by atoms with Crippen LogP contribution in [0.1, 0.15) is 25.0 Å². The highest BCUT2D eigenvalue weighted by molar-refractivity contribution is 7.89. The lowest BCUT2D eigenvalue weighted by Crippen LogP contribution is -2.30. The third-order valence-corrected chi connectivity index (χ3v) is 4.34. The molecular formula is C11H16ClNO2S. The van der Waals surface area contributed by atoms with Crippen LogP contribution in [-0.4, -0.2) is 14.5 Å². The summed E-state index contributed by atoms with van der Waals surface area (Å²) in [5.74, 6) is 0. The van der Waals surface area contributed by atoms with Crippen molar-refractivity contribution in [2.24, 2.45) is 0 Å². The SMILES string of the molecule is Cc1cc(S(=O)(=O)NC(C)C)c(C)cc1Cl. The Bertz CT molecular complexity index is 495. The van der Waals surface area contributed by atoms with Crippen molar-refractivity contribution in [3.63, 3.8) is 0 Å². The maximum atomic E-state index is 12.0. The Balaban J connectivity index is 3.29. The van der Waals surface area contributed by atoms with Gasteiger partial charge in [-0.15, -0.1) is 0 Å². The first-order valence-electron chi connectivity index (χ1n) is 5.03. The van der Waals surface area contributed by atoms with Crippen LogP contribution in [0.5, 0.6) is 0 Å². The summed E-state index contributed by atoms with van der Waals surface area (Å²) in [4.78, 5) is 0.295. The highest BCUT2D eigenvalue weighted by Gasteiger charge is 2.18. The summed E-state index contributed by atoms with van der Waals surface area (Å²) in [7, 11) is -3.44. The fraction of sp³-hybridized carbons (Fsp3) is 0.455. The lowest BCUT2D eigenvalue weighted by atomic mass is 10.2. The van der Waals surface area contributed by atoms with E-state index in [1.807, 2.05) is 0 Å². The molecule has 16 heavy (non-hydrogen) atoms. The molecule has 0 spiro atoms. The van der Waals surface area contributed by atoms with E-state index in [1.165, 1.54) is 0 Å². The molecule has 0 saturated heterocycles. The quantitative estimate of drug-likeness (QED) is 0.909. The Labute approximate surface area is 102 Å². The van der Waals surface area contributed by atoms with Gasteiger partial charge in [0.25, 0.3) is 0 Å². The highest BCUT2D eigenvalue weighted by Crippen LogP contribution is 2.23. The van der Waals surface area contributed by atoms with Gasteiger partial charge in [0.15, 0.2) is 0 Å². The first-order chi connectivity index (χ1) is 7.24. The molecule has 0 aliphatic carbocycles. The molecule has 0 aliphatic rings. The largest absolute Gasteiger partial charge is 0.241 e. The number of benzene rings is 1. The van der Waals surface area contributed by atoms with E-state index in [2.05, 4.69) is 4.72 Å². The van der Waals surface area contributed by atoms with Crippen LogP contribution >= 0.6 is 11.6 Å². The molecular weight excluding hydrogens is 246 g/mol. The molecule has 0 aromatic heterocycles. The van der Waals surface area contributed by atoms with Gasteiger partial charge in [-0.25, -0.2) is 13.1 Å². The van der Waals surface area contributed by atoms with E-state index >= 15 is 0 Å². The monoisotopic (exact) mass is 261 g/mol. The zero-order chi connectivity index (χ0) is 12.5. The molecule has 1 aromatic carbocycles. The first kappa shape index (κ1) is 13.5. The van der Waals surface area contributed by atoms with E-state index in [0.29, 0.717) is 15.5 Å². The van der Waals surface area contributed by atoms with Gasteiger partial charge in [-0.05, 0) is 51.0 Å². The minimum absolute atomic E-state index is 0.125. The molecule has 5 heteroatoms. The van der Waals surface area contributed by atoms with Crippen molar-refractivity contribution in [2.45, 2.75) is 38.6 Å². The van der Waals surface area contributed by atoms with E-state index in [1.54, 1.807) is 39.8 Å². The molecule has 0 radical (unpaired) electrons. The number of halogens is 1. The molecule has 90 valence electrons. The minimum atomic E-state index is -3.44. The van der Waals surface area contributed by atoms with Crippen LogP contribution in [0.2, 0.25) is 5.02 Å². The van der Waals surface area contributed by atoms with Gasteiger partial charge in [-0.2, -0.15) is 0 Å². The van der Waals surface area contributed by atoms with Crippen molar-refractivity contribution >= 4 is 21.6 Å². The third-order valence-electron chi connectivity index (χ3n) is 2.14. The Hall–Kier alpha value is -0.580. The molecule has 0 amide bonds. The molecule has 0 bridgehead atoms. The van der Waals surface area contributed by atoms with E-state index in [4.69, 9.17) is 11.6 Å². The number of nitrogens with one attached hydrogen (secondary N) is 1. The molecule has 1 rings (SSSR count). The van der Waals surface area contributed by atoms with E-state index in [9.17, 15) is 8.42 Å². The molecule has 0 heterocycles. The van der Waals surface area contributed by atoms with Crippen LogP contribution in [0.3, 0.4) is 0 Å². The van der Waals surface area contributed by atoms with Gasteiger partial charge in [0.2, 0.25) is 10.0 Å². The Morgan fingerprint density at radius 3 is 2.25 bits per heavy atom. The van der Waals surface area contributed by atoms with Crippen LogP contribution in [0.25, 0.3) is 0 Å². The fourth-order valence-corrected chi connectivity index (χ4v) is 3.20. The van der Waals surface area contributed by atoms with Crippen LogP contribution in [0.4, 0.5) is 0 Å². The van der Waals surface area contributed by atoms with Crippen LogP contribution in [0.15, 0.2) is 17.0 Å². The molecule has 0 atom stereocenters. The molecule has 1 aromatic rings. The number of sulfonamides is 1. The summed E-state index contributed by atoms with van der Waals surface area (Å²) in [6.45, 7) is 7.10. The summed E-state index contributed by atoms with van der Waals surface area (Å²) in [6.07, 6.45) is 0. The summed E-state index contributed by atoms with van der Waals surface area (Å²) in [6, 6.07) is 3.15. The fourth-order valence-electron chi connectivity index (χ4n) is 1.42. The molecule has 3 nitrogen and oxygen atoms in total. The summed E-state index contributed by atoms with van der Waals surface area (Å²) in [5, 5.41) is 0.584. The van der Waals surface area contributed by atoms with Crippen LogP contribution in [-0.2, 0) is 10.0 Å². The second kappa shape index (κ2) is 4.73. The van der Waals surface area contributed by atoms with E-state index in [-0.39, 0.29) is 6.04 Å². The molecule has 0 saturated carbocycles. The number of aryl methyl sites for hydroxylation is 2. The standard InChI is InChI=1S/C11H16ClNO2S/c1-7(2)13-16(14,15)11-6-8(3)10(12)5-9(11)4/h5-7,13H,1-4H3. The Kier molecular flexibility index (Phi) is 3.99. The zero-order valence-corrected chi connectivity index (χ0v) is 11.4. The van der Waals surface area contributed by atoms with Gasteiger partial charge >= 0.3 is 0 Å². The molecule has 0 unspecified atom stereocenters. The van der Waals surface area contributed by atoms with Crippen molar-refractivity contribution in [1.29, 1.82) is 0 Å². The average Bonchev–Trinajstić information content (AvgIpc) is 2.08. The average molecular weight is 262 g/mol. The number of rotatable bonds is 3. The number of hydrogen-bond acceptors (Lipinski definition) is 2. The van der Waals surface area contributed by atoms with Gasteiger partial charge in [0.1, 0.15) is 0 Å². The second-order valence-corrected chi connectivity index (χ2v) is 6.23. The van der Waals surface area contributed by atoms with E-state index in [0.717, 1.165) is 5.56 Å². The minimum Gasteiger partial charge on any atom is -0.209 e. The summed E-state index contributed by atoms with van der Waals surface area (Å²) >= 11 is 5.93. The predicted octanol–water partition coefficient (Wildman–Crippen LogP) is 2.64. The summed E-state index contributed by atoms with van der Waals surface area (Å²) < 4.78 is 26.5. The second-order valence-electron chi connectivity index (χ2n) is 4.14.